The number of aromatic nitrogens is 2. The molecule has 0 saturated carbocycles. The van der Waals surface area contributed by atoms with Crippen LogP contribution in [0.25, 0.3) is 70.0 Å². The van der Waals surface area contributed by atoms with Crippen molar-refractivity contribution >= 4 is 54.1 Å². The zero-order chi connectivity index (χ0) is 25.1. The summed E-state index contributed by atoms with van der Waals surface area (Å²) in [5, 5.41) is 5.07. The average Bonchev–Trinajstić information content (AvgIpc) is 3.57. The number of hydrogen-bond acceptors (Lipinski definition) is 2. The Kier molecular flexibility index (Phi) is 4.73. The van der Waals surface area contributed by atoms with Crippen LogP contribution in [0, 0.1) is 0 Å². The minimum Gasteiger partial charge on any atom is -0.309 e. The average molecular weight is 503 g/mol. The highest BCUT2D eigenvalue weighted by atomic mass is 32.1. The van der Waals surface area contributed by atoms with Gasteiger partial charge >= 0.3 is 0 Å². The van der Waals surface area contributed by atoms with Gasteiger partial charge in [-0.15, -0.1) is 11.3 Å². The second-order valence-electron chi connectivity index (χ2n) is 9.63. The van der Waals surface area contributed by atoms with Gasteiger partial charge in [-0.2, -0.15) is 0 Å². The molecule has 3 heteroatoms. The normalized spacial score (nSPS) is 11.7. The summed E-state index contributed by atoms with van der Waals surface area (Å²) in [7, 11) is 0. The van der Waals surface area contributed by atoms with Crippen molar-refractivity contribution in [3.63, 3.8) is 0 Å². The van der Waals surface area contributed by atoms with Crippen LogP contribution in [0.5, 0.6) is 0 Å². The van der Waals surface area contributed by atoms with Crippen LogP contribution in [0.1, 0.15) is 0 Å². The van der Waals surface area contributed by atoms with Gasteiger partial charge < -0.3 is 4.57 Å². The molecule has 8 rings (SSSR count). The van der Waals surface area contributed by atoms with Crippen LogP contribution in [-0.2, 0) is 0 Å². The fourth-order valence-electron chi connectivity index (χ4n) is 5.70. The first-order valence-corrected chi connectivity index (χ1v) is 13.6. The van der Waals surface area contributed by atoms with Gasteiger partial charge in [0.2, 0.25) is 0 Å². The van der Waals surface area contributed by atoms with Gasteiger partial charge in [0.1, 0.15) is 0 Å². The zero-order valence-corrected chi connectivity index (χ0v) is 21.3. The molecular formula is C35H22N2S. The summed E-state index contributed by atoms with van der Waals surface area (Å²) in [6.45, 7) is 0. The molecule has 0 aliphatic carbocycles. The van der Waals surface area contributed by atoms with E-state index in [4.69, 9.17) is 0 Å². The standard InChI is InChI=1S/C35H22N2S/c1-2-8-24(9-3-1)32-22-26-17-20-31-33(35(26)38-32)29-12-4-5-14-30(29)37(31)27-18-15-23(16-19-27)28-13-6-10-25-11-7-21-36-34(25)28/h1-22H. The van der Waals surface area contributed by atoms with Gasteiger partial charge in [-0.25, -0.2) is 0 Å². The van der Waals surface area contributed by atoms with E-state index in [9.17, 15) is 0 Å². The molecule has 0 unspecified atom stereocenters. The Balaban J connectivity index is 1.33. The van der Waals surface area contributed by atoms with Crippen molar-refractivity contribution in [3.8, 4) is 27.3 Å². The number of thiophene rings is 1. The number of pyridine rings is 1. The topological polar surface area (TPSA) is 17.8 Å². The Morgan fingerprint density at radius 3 is 2.29 bits per heavy atom. The number of para-hydroxylation sites is 2. The van der Waals surface area contributed by atoms with Crippen molar-refractivity contribution in [1.29, 1.82) is 0 Å². The maximum absolute atomic E-state index is 4.66. The molecular weight excluding hydrogens is 480 g/mol. The fraction of sp³-hybridized carbons (Fsp3) is 0. The predicted molar refractivity (Wildman–Crippen MR) is 162 cm³/mol. The van der Waals surface area contributed by atoms with E-state index in [2.05, 4.69) is 131 Å². The predicted octanol–water partition coefficient (Wildman–Crippen LogP) is 9.88. The largest absolute Gasteiger partial charge is 0.309 e. The first-order chi connectivity index (χ1) is 18.8. The minimum absolute atomic E-state index is 1.04. The number of nitrogens with zero attached hydrogens (tertiary/aromatic N) is 2. The van der Waals surface area contributed by atoms with Crippen LogP contribution in [0.2, 0.25) is 0 Å². The van der Waals surface area contributed by atoms with Gasteiger partial charge in [-0.1, -0.05) is 91.0 Å². The quantitative estimate of drug-likeness (QED) is 0.235. The van der Waals surface area contributed by atoms with E-state index < -0.39 is 0 Å². The van der Waals surface area contributed by atoms with Crippen molar-refractivity contribution in [1.82, 2.24) is 9.55 Å². The summed E-state index contributed by atoms with van der Waals surface area (Å²) in [4.78, 5) is 5.96. The van der Waals surface area contributed by atoms with Crippen molar-refractivity contribution in [3.05, 3.63) is 134 Å². The summed E-state index contributed by atoms with van der Waals surface area (Å²) >= 11 is 1.88. The molecule has 0 spiro atoms. The van der Waals surface area contributed by atoms with E-state index in [1.165, 1.54) is 47.9 Å². The second kappa shape index (κ2) is 8.41. The molecule has 2 nitrogen and oxygen atoms in total. The third-order valence-corrected chi connectivity index (χ3v) is 8.66. The molecule has 0 fully saturated rings. The Hall–Kier alpha value is -4.73. The fourth-order valence-corrected chi connectivity index (χ4v) is 6.92. The van der Waals surface area contributed by atoms with Crippen LogP contribution >= 0.6 is 11.3 Å². The van der Waals surface area contributed by atoms with E-state index >= 15 is 0 Å². The number of benzene rings is 5. The summed E-state index contributed by atoms with van der Waals surface area (Å²) in [6, 6.07) is 45.7. The van der Waals surface area contributed by atoms with Gasteiger partial charge in [0.25, 0.3) is 0 Å². The van der Waals surface area contributed by atoms with Gasteiger partial charge in [0.15, 0.2) is 0 Å². The molecule has 5 aromatic carbocycles. The highest BCUT2D eigenvalue weighted by Gasteiger charge is 2.17. The van der Waals surface area contributed by atoms with Crippen molar-refractivity contribution in [2.24, 2.45) is 0 Å². The first-order valence-electron chi connectivity index (χ1n) is 12.8. The van der Waals surface area contributed by atoms with E-state index in [0.29, 0.717) is 0 Å². The molecule has 0 N–H and O–H groups in total. The Bertz CT molecular complexity index is 2110. The molecule has 0 amide bonds. The lowest BCUT2D eigenvalue weighted by Gasteiger charge is -2.10. The Morgan fingerprint density at radius 2 is 1.39 bits per heavy atom. The van der Waals surface area contributed by atoms with Crippen LogP contribution in [0.15, 0.2) is 134 Å². The zero-order valence-electron chi connectivity index (χ0n) is 20.5. The smallest absolute Gasteiger partial charge is 0.0780 e. The summed E-state index contributed by atoms with van der Waals surface area (Å²) in [5.74, 6) is 0. The maximum atomic E-state index is 4.66. The van der Waals surface area contributed by atoms with Crippen molar-refractivity contribution < 1.29 is 0 Å². The lowest BCUT2D eigenvalue weighted by Crippen LogP contribution is -1.93. The van der Waals surface area contributed by atoms with E-state index in [-0.39, 0.29) is 0 Å². The lowest BCUT2D eigenvalue weighted by molar-refractivity contribution is 1.18. The third-order valence-electron chi connectivity index (χ3n) is 7.45. The van der Waals surface area contributed by atoms with Gasteiger partial charge in [-0.05, 0) is 52.9 Å². The molecule has 8 aromatic rings. The molecule has 3 aromatic heterocycles. The molecule has 0 radical (unpaired) electrons. The summed E-state index contributed by atoms with van der Waals surface area (Å²) < 4.78 is 3.74. The highest BCUT2D eigenvalue weighted by Crippen LogP contribution is 2.42. The monoisotopic (exact) mass is 502 g/mol. The first kappa shape index (κ1) is 21.4. The molecule has 0 saturated heterocycles. The summed E-state index contributed by atoms with van der Waals surface area (Å²) in [6.07, 6.45) is 1.87. The SMILES string of the molecule is c1ccc(-c2cc3ccc4c(c5ccccc5n4-c4ccc(-c5cccc6cccnc56)cc4)c3s2)cc1. The number of fused-ring (bicyclic) bond motifs is 6. The molecule has 0 aliphatic rings. The van der Waals surface area contributed by atoms with E-state index in [1.807, 2.05) is 23.6 Å². The molecule has 3 heterocycles. The van der Waals surface area contributed by atoms with Gasteiger partial charge in [0, 0.05) is 43.2 Å². The maximum Gasteiger partial charge on any atom is 0.0780 e. The van der Waals surface area contributed by atoms with Crippen molar-refractivity contribution in [2.75, 3.05) is 0 Å². The van der Waals surface area contributed by atoms with Crippen molar-refractivity contribution in [2.45, 2.75) is 0 Å². The summed E-state index contributed by atoms with van der Waals surface area (Å²) in [5.41, 5.74) is 8.26. The Labute approximate surface area is 224 Å². The van der Waals surface area contributed by atoms with Gasteiger partial charge in [-0.3, -0.25) is 4.98 Å². The molecule has 38 heavy (non-hydrogen) atoms. The van der Waals surface area contributed by atoms with E-state index in [1.54, 1.807) is 0 Å². The molecule has 0 atom stereocenters. The molecule has 178 valence electrons. The van der Waals surface area contributed by atoms with Crippen LogP contribution in [0.4, 0.5) is 0 Å². The van der Waals surface area contributed by atoms with Crippen LogP contribution < -0.4 is 0 Å². The highest BCUT2D eigenvalue weighted by molar-refractivity contribution is 7.23. The van der Waals surface area contributed by atoms with Crippen LogP contribution in [0.3, 0.4) is 0 Å². The lowest BCUT2D eigenvalue weighted by atomic mass is 10.0. The Morgan fingerprint density at radius 1 is 0.579 bits per heavy atom. The van der Waals surface area contributed by atoms with E-state index in [0.717, 1.165) is 22.2 Å². The number of hydrogen-bond donors (Lipinski definition) is 0. The third kappa shape index (κ3) is 3.22. The second-order valence-corrected chi connectivity index (χ2v) is 10.7. The molecule has 0 aliphatic heterocycles. The van der Waals surface area contributed by atoms with Crippen LogP contribution in [-0.4, -0.2) is 9.55 Å². The van der Waals surface area contributed by atoms with Gasteiger partial charge in [0.05, 0.1) is 16.6 Å². The molecule has 0 bridgehead atoms. The number of rotatable bonds is 3. The minimum atomic E-state index is 1.04.